The number of aromatic nitrogens is 5. The van der Waals surface area contributed by atoms with Crippen molar-refractivity contribution in [2.45, 2.75) is 11.9 Å². The second kappa shape index (κ2) is 7.84. The first-order valence-corrected chi connectivity index (χ1v) is 11.1. The average molecular weight is 475 g/mol. The highest BCUT2D eigenvalue weighted by Gasteiger charge is 2.25. The Morgan fingerprint density at radius 2 is 1.94 bits per heavy atom. The van der Waals surface area contributed by atoms with Crippen LogP contribution >= 0.6 is 23.2 Å². The summed E-state index contributed by atoms with van der Waals surface area (Å²) in [6.07, 6.45) is 8.95. The third kappa shape index (κ3) is 3.95. The molecule has 0 amide bonds. The van der Waals surface area contributed by atoms with Crippen LogP contribution in [0.5, 0.6) is 0 Å². The molecular weight excluding hydrogens is 459 g/mol. The van der Waals surface area contributed by atoms with Crippen molar-refractivity contribution in [3.8, 4) is 0 Å². The predicted molar refractivity (Wildman–Crippen MR) is 122 cm³/mol. The van der Waals surface area contributed by atoms with Gasteiger partial charge in [-0.3, -0.25) is 9.38 Å². The highest BCUT2D eigenvalue weighted by molar-refractivity contribution is 7.90. The number of halogens is 2. The monoisotopic (exact) mass is 474 g/mol. The fourth-order valence-electron chi connectivity index (χ4n) is 3.03. The standard InChI is InChI=1S/C20H16Cl2N6O2S/c1-12(5-15(22)6-13(2)21)14-7-18-17(24-8-14)9-26-28(18)31(29,30)20-10-25-19-4-3-16(23)11-27(19)20/h3-11H,2,23H2,1H3/b12-5+,15-6+. The summed E-state index contributed by atoms with van der Waals surface area (Å²) in [5, 5.41) is 4.66. The maximum absolute atomic E-state index is 13.4. The van der Waals surface area contributed by atoms with Gasteiger partial charge in [0.2, 0.25) is 0 Å². The van der Waals surface area contributed by atoms with Crippen LogP contribution in [0.1, 0.15) is 12.5 Å². The zero-order valence-corrected chi connectivity index (χ0v) is 18.5. The number of nitrogens with two attached hydrogens (primary N) is 1. The number of nitrogens with zero attached hydrogens (tertiary/aromatic N) is 5. The molecule has 11 heteroatoms. The maximum atomic E-state index is 13.4. The highest BCUT2D eigenvalue weighted by atomic mass is 35.5. The first-order chi connectivity index (χ1) is 14.7. The molecule has 4 aromatic rings. The molecule has 0 aliphatic carbocycles. The van der Waals surface area contributed by atoms with E-state index in [1.54, 1.807) is 30.5 Å². The molecule has 158 valence electrons. The van der Waals surface area contributed by atoms with Crippen molar-refractivity contribution in [2.24, 2.45) is 0 Å². The number of imidazole rings is 1. The number of allylic oxidation sites excluding steroid dienone is 5. The Kier molecular flexibility index (Phi) is 5.34. The van der Waals surface area contributed by atoms with Gasteiger partial charge in [0, 0.05) is 28.1 Å². The van der Waals surface area contributed by atoms with Gasteiger partial charge in [-0.05, 0) is 48.4 Å². The van der Waals surface area contributed by atoms with Crippen molar-refractivity contribution < 1.29 is 8.42 Å². The van der Waals surface area contributed by atoms with E-state index in [-0.39, 0.29) is 5.03 Å². The molecule has 0 spiro atoms. The van der Waals surface area contributed by atoms with Crippen molar-refractivity contribution in [3.05, 3.63) is 77.3 Å². The normalized spacial score (nSPS) is 13.3. The van der Waals surface area contributed by atoms with Crippen LogP contribution in [0.2, 0.25) is 0 Å². The highest BCUT2D eigenvalue weighted by Crippen LogP contribution is 2.25. The Morgan fingerprint density at radius 3 is 2.68 bits per heavy atom. The summed E-state index contributed by atoms with van der Waals surface area (Å²) in [6.45, 7) is 5.39. The maximum Gasteiger partial charge on any atom is 0.301 e. The van der Waals surface area contributed by atoms with Gasteiger partial charge in [-0.15, -0.1) is 0 Å². The van der Waals surface area contributed by atoms with Crippen molar-refractivity contribution in [3.63, 3.8) is 0 Å². The summed E-state index contributed by atoms with van der Waals surface area (Å²) >= 11 is 11.9. The summed E-state index contributed by atoms with van der Waals surface area (Å²) in [7, 11) is -4.08. The number of hydrogen-bond donors (Lipinski definition) is 1. The lowest BCUT2D eigenvalue weighted by Gasteiger charge is -2.07. The van der Waals surface area contributed by atoms with Gasteiger partial charge >= 0.3 is 10.0 Å². The number of rotatable bonds is 5. The minimum absolute atomic E-state index is 0.0657. The molecule has 0 atom stereocenters. The summed E-state index contributed by atoms with van der Waals surface area (Å²) in [6, 6.07) is 4.96. The fraction of sp³-hybridized carbons (Fsp3) is 0.0500. The smallest absolute Gasteiger partial charge is 0.301 e. The number of anilines is 1. The van der Waals surface area contributed by atoms with Gasteiger partial charge < -0.3 is 5.73 Å². The number of nitrogen functional groups attached to an aromatic ring is 1. The Hall–Kier alpha value is -3.14. The summed E-state index contributed by atoms with van der Waals surface area (Å²) < 4.78 is 29.1. The molecule has 0 aromatic carbocycles. The molecule has 0 aliphatic rings. The molecule has 2 N–H and O–H groups in total. The summed E-state index contributed by atoms with van der Waals surface area (Å²) in [4.78, 5) is 8.47. The molecule has 4 heterocycles. The lowest BCUT2D eigenvalue weighted by atomic mass is 10.1. The lowest BCUT2D eigenvalue weighted by Crippen LogP contribution is -2.16. The van der Waals surface area contributed by atoms with Crippen LogP contribution in [0.4, 0.5) is 5.69 Å². The van der Waals surface area contributed by atoms with E-state index in [4.69, 9.17) is 28.9 Å². The topological polar surface area (TPSA) is 108 Å². The quantitative estimate of drug-likeness (QED) is 0.434. The third-order valence-corrected chi connectivity index (χ3v) is 6.38. The van der Waals surface area contributed by atoms with Crippen LogP contribution in [0.3, 0.4) is 0 Å². The Balaban J connectivity index is 1.85. The molecule has 8 nitrogen and oxygen atoms in total. The van der Waals surface area contributed by atoms with Crippen molar-refractivity contribution in [2.75, 3.05) is 5.73 Å². The minimum atomic E-state index is -4.08. The Bertz CT molecular complexity index is 1520. The molecular formula is C20H16Cl2N6O2S. The number of fused-ring (bicyclic) bond motifs is 2. The van der Waals surface area contributed by atoms with Crippen LogP contribution in [0.25, 0.3) is 22.3 Å². The van der Waals surface area contributed by atoms with E-state index in [0.29, 0.717) is 38.0 Å². The van der Waals surface area contributed by atoms with Crippen molar-refractivity contribution in [1.29, 1.82) is 0 Å². The van der Waals surface area contributed by atoms with Crippen LogP contribution < -0.4 is 5.73 Å². The van der Waals surface area contributed by atoms with Gasteiger partial charge in [0.15, 0.2) is 5.03 Å². The SMILES string of the molecule is C=C(Cl)/C=C(Cl)\C=C(/C)c1cnc2cnn(S(=O)(=O)c3cnc4ccc(N)cn34)c2c1. The van der Waals surface area contributed by atoms with E-state index in [2.05, 4.69) is 21.6 Å². The summed E-state index contributed by atoms with van der Waals surface area (Å²) in [5.41, 5.74) is 8.82. The van der Waals surface area contributed by atoms with E-state index in [0.717, 1.165) is 9.66 Å². The van der Waals surface area contributed by atoms with Crippen LogP contribution in [-0.2, 0) is 10.0 Å². The lowest BCUT2D eigenvalue weighted by molar-refractivity contribution is 0.577. The number of pyridine rings is 2. The molecule has 0 unspecified atom stereocenters. The van der Waals surface area contributed by atoms with Crippen molar-refractivity contribution in [1.82, 2.24) is 23.6 Å². The molecule has 31 heavy (non-hydrogen) atoms. The second-order valence-electron chi connectivity index (χ2n) is 6.71. The van der Waals surface area contributed by atoms with Crippen LogP contribution in [0.15, 0.2) is 76.8 Å². The predicted octanol–water partition coefficient (Wildman–Crippen LogP) is 4.18. The minimum Gasteiger partial charge on any atom is -0.398 e. The molecule has 0 saturated carbocycles. The molecule has 0 aliphatic heterocycles. The van der Waals surface area contributed by atoms with E-state index in [1.807, 2.05) is 6.92 Å². The Labute approximate surface area is 188 Å². The van der Waals surface area contributed by atoms with Gasteiger partial charge in [-0.1, -0.05) is 29.8 Å². The molecule has 4 rings (SSSR count). The van der Waals surface area contributed by atoms with Crippen molar-refractivity contribution >= 4 is 61.2 Å². The van der Waals surface area contributed by atoms with Gasteiger partial charge in [0.1, 0.15) is 16.7 Å². The van der Waals surface area contributed by atoms with E-state index >= 15 is 0 Å². The number of hydrogen-bond acceptors (Lipinski definition) is 6. The molecule has 0 radical (unpaired) electrons. The van der Waals surface area contributed by atoms with Gasteiger partial charge in [-0.2, -0.15) is 17.6 Å². The summed E-state index contributed by atoms with van der Waals surface area (Å²) in [5.74, 6) is 0. The van der Waals surface area contributed by atoms with Crippen LogP contribution in [0, 0.1) is 0 Å². The Morgan fingerprint density at radius 1 is 1.16 bits per heavy atom. The third-order valence-electron chi connectivity index (χ3n) is 4.48. The zero-order chi connectivity index (χ0) is 22.3. The molecule has 4 aromatic heterocycles. The first kappa shape index (κ1) is 21.1. The fourth-order valence-corrected chi connectivity index (χ4v) is 4.83. The van der Waals surface area contributed by atoms with Crippen LogP contribution in [-0.4, -0.2) is 32.0 Å². The van der Waals surface area contributed by atoms with E-state index in [1.165, 1.54) is 29.1 Å². The second-order valence-corrected chi connectivity index (χ2v) is 9.35. The molecule has 0 bridgehead atoms. The zero-order valence-electron chi connectivity index (χ0n) is 16.2. The molecule has 0 saturated heterocycles. The molecule has 0 fully saturated rings. The first-order valence-electron chi connectivity index (χ1n) is 8.89. The van der Waals surface area contributed by atoms with Gasteiger partial charge in [0.25, 0.3) is 0 Å². The van der Waals surface area contributed by atoms with E-state index in [9.17, 15) is 8.42 Å². The van der Waals surface area contributed by atoms with Gasteiger partial charge in [-0.25, -0.2) is 4.98 Å². The van der Waals surface area contributed by atoms with Gasteiger partial charge in [0.05, 0.1) is 12.4 Å². The van der Waals surface area contributed by atoms with E-state index < -0.39 is 10.0 Å². The largest absolute Gasteiger partial charge is 0.398 e. The average Bonchev–Trinajstić information content (AvgIpc) is 3.31.